The van der Waals surface area contributed by atoms with Crippen LogP contribution in [-0.4, -0.2) is 128 Å². The third-order valence-electron chi connectivity index (χ3n) is 13.7. The number of anilines is 1. The number of rotatable bonds is 13. The van der Waals surface area contributed by atoms with Gasteiger partial charge in [0.25, 0.3) is 5.88 Å². The summed E-state index contributed by atoms with van der Waals surface area (Å²) in [6, 6.07) is 18.5. The summed E-state index contributed by atoms with van der Waals surface area (Å²) in [5.41, 5.74) is 7.43. The number of benzene rings is 2. The molecule has 16 heteroatoms. The molecule has 0 bridgehead atoms. The first-order valence-electron chi connectivity index (χ1n) is 22.2. The Balaban J connectivity index is 0.756. The highest BCUT2D eigenvalue weighted by Crippen LogP contribution is 2.45. The zero-order valence-electron chi connectivity index (χ0n) is 36.4. The highest BCUT2D eigenvalue weighted by Gasteiger charge is 2.45. The highest BCUT2D eigenvalue weighted by atomic mass is 32.1. The summed E-state index contributed by atoms with van der Waals surface area (Å²) in [5.74, 6) is 0.293. The minimum Gasteiger partial charge on any atom is -0.507 e. The molecule has 3 aromatic heterocycles. The molecule has 7 heterocycles. The zero-order chi connectivity index (χ0) is 43.8. The molecular weight excluding hydrogens is 819 g/mol. The van der Waals surface area contributed by atoms with E-state index < -0.39 is 18.1 Å². The largest absolute Gasteiger partial charge is 0.507 e. The van der Waals surface area contributed by atoms with Crippen LogP contribution in [0.3, 0.4) is 0 Å². The number of aromatic nitrogens is 4. The van der Waals surface area contributed by atoms with E-state index in [-0.39, 0.29) is 47.9 Å². The lowest BCUT2D eigenvalue weighted by Gasteiger charge is -2.41. The number of fused-ring (bicyclic) bond motifs is 2. The van der Waals surface area contributed by atoms with E-state index in [9.17, 15) is 19.8 Å². The number of ether oxygens (including phenoxy) is 1. The summed E-state index contributed by atoms with van der Waals surface area (Å²) >= 11 is 1.59. The van der Waals surface area contributed by atoms with E-state index in [0.29, 0.717) is 35.5 Å². The van der Waals surface area contributed by atoms with Gasteiger partial charge in [0.15, 0.2) is 11.6 Å². The number of para-hydroxylation sites is 1. The van der Waals surface area contributed by atoms with Crippen molar-refractivity contribution >= 4 is 29.0 Å². The Morgan fingerprint density at radius 3 is 2.59 bits per heavy atom. The highest BCUT2D eigenvalue weighted by molar-refractivity contribution is 7.13. The zero-order valence-corrected chi connectivity index (χ0v) is 37.2. The number of piperidine rings is 1. The molecule has 63 heavy (non-hydrogen) atoms. The van der Waals surface area contributed by atoms with Gasteiger partial charge in [-0.1, -0.05) is 50.2 Å². The molecule has 5 atom stereocenters. The summed E-state index contributed by atoms with van der Waals surface area (Å²) in [6.45, 7) is 13.8. The smallest absolute Gasteiger partial charge is 0.254 e. The number of hydrogen-bond donors (Lipinski definition) is 4. The number of aliphatic hydroxyl groups excluding tert-OH is 1. The number of nitrogens with zero attached hydrogens (tertiary/aromatic N) is 7. The Morgan fingerprint density at radius 2 is 1.84 bits per heavy atom. The van der Waals surface area contributed by atoms with E-state index in [4.69, 9.17) is 9.26 Å². The molecule has 1 spiro atoms. The van der Waals surface area contributed by atoms with Crippen LogP contribution < -0.4 is 15.4 Å². The van der Waals surface area contributed by atoms with Gasteiger partial charge < -0.3 is 35.0 Å². The van der Waals surface area contributed by atoms with Gasteiger partial charge >= 0.3 is 0 Å². The summed E-state index contributed by atoms with van der Waals surface area (Å²) in [7, 11) is 0. The maximum absolute atomic E-state index is 14.2. The van der Waals surface area contributed by atoms with Crippen LogP contribution in [0.2, 0.25) is 0 Å². The molecule has 2 amide bonds. The molecule has 0 aliphatic carbocycles. The van der Waals surface area contributed by atoms with Gasteiger partial charge in [0.05, 0.1) is 33.9 Å². The van der Waals surface area contributed by atoms with Crippen molar-refractivity contribution in [1.29, 1.82) is 0 Å². The maximum atomic E-state index is 14.2. The number of carbonyl (C=O) groups excluding carboxylic acids is 2. The van der Waals surface area contributed by atoms with Gasteiger partial charge in [-0.05, 0) is 93.1 Å². The number of nitrogens with one attached hydrogen (secondary N) is 2. The monoisotopic (exact) mass is 875 g/mol. The minimum absolute atomic E-state index is 0.00389. The first-order valence-corrected chi connectivity index (χ1v) is 23.1. The second kappa shape index (κ2) is 18.0. The van der Waals surface area contributed by atoms with Gasteiger partial charge in [0, 0.05) is 61.2 Å². The molecule has 332 valence electrons. The number of carbonyl (C=O) groups is 2. The molecule has 3 fully saturated rings. The average molecular weight is 876 g/mol. The summed E-state index contributed by atoms with van der Waals surface area (Å²) in [5, 5.41) is 40.8. The predicted molar refractivity (Wildman–Crippen MR) is 239 cm³/mol. The van der Waals surface area contributed by atoms with Crippen LogP contribution in [0.15, 0.2) is 70.7 Å². The van der Waals surface area contributed by atoms with E-state index in [0.717, 1.165) is 86.0 Å². The van der Waals surface area contributed by atoms with Crippen molar-refractivity contribution in [3.8, 4) is 33.3 Å². The third kappa shape index (κ3) is 8.78. The number of aliphatic hydroxyl groups is 1. The Labute approximate surface area is 371 Å². The molecule has 0 saturated carbocycles. The number of β-amino-alcohol motifs (C(OH)–C–C–N with tert-alkyl or cyclic N) is 1. The van der Waals surface area contributed by atoms with Gasteiger partial charge in [-0.25, -0.2) is 4.98 Å². The average Bonchev–Trinajstić information content (AvgIpc) is 4.14. The second-order valence-electron chi connectivity index (χ2n) is 18.1. The Bertz CT molecular complexity index is 2410. The first kappa shape index (κ1) is 42.9. The Kier molecular flexibility index (Phi) is 12.2. The number of hydrogen-bond acceptors (Lipinski definition) is 14. The molecule has 3 saturated heterocycles. The number of phenolic OH excluding ortho intramolecular Hbond substituents is 1. The molecule has 4 aliphatic rings. The molecular formula is C47H57N9O6S. The maximum Gasteiger partial charge on any atom is 0.254 e. The van der Waals surface area contributed by atoms with E-state index in [1.54, 1.807) is 23.5 Å². The molecule has 4 N–H and O–H groups in total. The lowest BCUT2D eigenvalue weighted by molar-refractivity contribution is -0.141. The van der Waals surface area contributed by atoms with Gasteiger partial charge in [-0.15, -0.1) is 21.5 Å². The fourth-order valence-electron chi connectivity index (χ4n) is 10.1. The standard InChI is InChI=1S/C47H57N9O6S/c1-28(2)42(46(60)56-25-34(57)21-38(56)45(59)50-29(3)31-9-11-32(12-10-31)43-30(4)49-27-63-43)40-23-41(53-62-40)61-20-19-54-16-13-33(24-54)55-17-14-47(15-18-55)26-48-44-36(47)22-37(51-52-44)35-7-5-6-8-39(35)58/h5-12,22-23,27-29,33-34,38,42,57-58H,13-21,24-26H2,1-4H3,(H,48,52)(H,50,59)/t29-,33?,34+,38-,42+/m0/s1. The SMILES string of the molecule is Cc1ncsc1-c1ccc([C@H](C)NC(=O)[C@@H]2C[C@@H](O)CN2C(=O)[C@@H](c2cc(OCCN3CCC(N4CCC5(CC4)CNc4nnc(-c6ccccc6O)cc45)C3)no2)C(C)C)cc1. The number of aryl methyl sites for hydroxylation is 1. The summed E-state index contributed by atoms with van der Waals surface area (Å²) in [4.78, 5) is 40.0. The molecule has 4 aliphatic heterocycles. The van der Waals surface area contributed by atoms with E-state index >= 15 is 0 Å². The van der Waals surface area contributed by atoms with Crippen LogP contribution in [0.25, 0.3) is 21.7 Å². The number of amides is 2. The second-order valence-corrected chi connectivity index (χ2v) is 18.9. The summed E-state index contributed by atoms with van der Waals surface area (Å²) in [6.07, 6.45) is 2.50. The van der Waals surface area contributed by atoms with Gasteiger partial charge in [-0.3, -0.25) is 19.4 Å². The fourth-order valence-corrected chi connectivity index (χ4v) is 10.9. The normalized spacial score (nSPS) is 22.0. The van der Waals surface area contributed by atoms with Gasteiger partial charge in [0.2, 0.25) is 11.8 Å². The molecule has 5 aromatic rings. The third-order valence-corrected chi connectivity index (χ3v) is 14.7. The van der Waals surface area contributed by atoms with Crippen molar-refractivity contribution in [2.75, 3.05) is 57.7 Å². The van der Waals surface area contributed by atoms with Crippen molar-refractivity contribution < 1.29 is 29.1 Å². The van der Waals surface area contributed by atoms with Crippen molar-refractivity contribution in [2.24, 2.45) is 5.92 Å². The van der Waals surface area contributed by atoms with Crippen molar-refractivity contribution in [2.45, 2.75) is 88.9 Å². The van der Waals surface area contributed by atoms with E-state index in [1.165, 1.54) is 10.5 Å². The van der Waals surface area contributed by atoms with Gasteiger partial charge in [0.1, 0.15) is 24.3 Å². The van der Waals surface area contributed by atoms with E-state index in [1.807, 2.05) is 75.7 Å². The van der Waals surface area contributed by atoms with Crippen molar-refractivity contribution in [1.82, 2.24) is 40.4 Å². The number of likely N-dealkylation sites (tertiary alicyclic amines) is 3. The quantitative estimate of drug-likeness (QED) is 0.112. The van der Waals surface area contributed by atoms with Crippen molar-refractivity contribution in [3.05, 3.63) is 88.8 Å². The van der Waals surface area contributed by atoms with Crippen LogP contribution in [0, 0.1) is 12.8 Å². The summed E-state index contributed by atoms with van der Waals surface area (Å²) < 4.78 is 11.8. The Morgan fingerprint density at radius 1 is 1.05 bits per heavy atom. The topological polar surface area (TPSA) is 182 Å². The predicted octanol–water partition coefficient (Wildman–Crippen LogP) is 5.76. The lowest BCUT2D eigenvalue weighted by Crippen LogP contribution is -2.48. The lowest BCUT2D eigenvalue weighted by atomic mass is 9.74. The van der Waals surface area contributed by atoms with Gasteiger partial charge in [-0.2, -0.15) is 0 Å². The van der Waals surface area contributed by atoms with Crippen LogP contribution in [-0.2, 0) is 15.0 Å². The van der Waals surface area contributed by atoms with Crippen LogP contribution in [0.1, 0.15) is 81.0 Å². The number of phenols is 1. The number of aromatic hydroxyl groups is 1. The van der Waals surface area contributed by atoms with E-state index in [2.05, 4.69) is 46.8 Å². The first-order chi connectivity index (χ1) is 30.5. The molecule has 0 radical (unpaired) electrons. The molecule has 15 nitrogen and oxygen atoms in total. The van der Waals surface area contributed by atoms with Crippen LogP contribution in [0.4, 0.5) is 5.82 Å². The van der Waals surface area contributed by atoms with Crippen molar-refractivity contribution in [3.63, 3.8) is 0 Å². The van der Waals surface area contributed by atoms with Crippen LogP contribution >= 0.6 is 11.3 Å². The van der Waals surface area contributed by atoms with Crippen LogP contribution in [0.5, 0.6) is 11.6 Å². The molecule has 2 aromatic carbocycles. The molecule has 9 rings (SSSR count). The Hall–Kier alpha value is -5.42. The minimum atomic E-state index is -0.820. The fraction of sp³-hybridized carbons (Fsp3) is 0.489. The molecule has 1 unspecified atom stereocenters. The number of thiazole rings is 1.